The Kier molecular flexibility index (Phi) is 10.9. The molecule has 0 aromatic heterocycles. The van der Waals surface area contributed by atoms with Crippen molar-refractivity contribution < 1.29 is 32.1 Å². The van der Waals surface area contributed by atoms with Crippen LogP contribution in [0.2, 0.25) is 0 Å². The predicted molar refractivity (Wildman–Crippen MR) is 153 cm³/mol. The van der Waals surface area contributed by atoms with Crippen molar-refractivity contribution >= 4 is 0 Å². The van der Waals surface area contributed by atoms with Gasteiger partial charge in [0.05, 0.1) is 19.3 Å². The van der Waals surface area contributed by atoms with Gasteiger partial charge in [0.2, 0.25) is 11.6 Å². The quantitative estimate of drug-likeness (QED) is 0.126. The summed E-state index contributed by atoms with van der Waals surface area (Å²) < 4.78 is 70.3. The molecule has 3 aromatic rings. The summed E-state index contributed by atoms with van der Waals surface area (Å²) >= 11 is 0. The molecule has 1 saturated carbocycles. The first-order valence-corrected chi connectivity index (χ1v) is 14.4. The fourth-order valence-corrected chi connectivity index (χ4v) is 5.42. The molecule has 0 amide bonds. The lowest BCUT2D eigenvalue weighted by molar-refractivity contribution is 0.166. The Morgan fingerprint density at radius 3 is 2.20 bits per heavy atom. The third-order valence-electron chi connectivity index (χ3n) is 7.86. The molecule has 1 aliphatic carbocycles. The monoisotopic (exact) mass is 570 g/mol. The highest BCUT2D eigenvalue weighted by molar-refractivity contribution is 5.65. The third-order valence-corrected chi connectivity index (χ3v) is 7.86. The van der Waals surface area contributed by atoms with Crippen LogP contribution in [-0.4, -0.2) is 18.3 Å². The molecular formula is C34H38F4O3. The number of rotatable bonds is 13. The first-order valence-electron chi connectivity index (χ1n) is 14.4. The first kappa shape index (κ1) is 30.6. The van der Waals surface area contributed by atoms with Gasteiger partial charge in [0.25, 0.3) is 0 Å². The second-order valence-corrected chi connectivity index (χ2v) is 10.8. The van der Waals surface area contributed by atoms with Crippen LogP contribution >= 0.6 is 0 Å². The van der Waals surface area contributed by atoms with E-state index in [4.69, 9.17) is 9.47 Å². The minimum atomic E-state index is -1.05. The molecule has 3 aromatic carbocycles. The topological polar surface area (TPSA) is 38.7 Å². The van der Waals surface area contributed by atoms with Crippen LogP contribution in [0.4, 0.5) is 17.6 Å². The molecule has 7 heteroatoms. The number of benzene rings is 3. The van der Waals surface area contributed by atoms with Crippen molar-refractivity contribution in [3.63, 3.8) is 0 Å². The Hall–Kier alpha value is -3.32. The lowest BCUT2D eigenvalue weighted by Crippen LogP contribution is -2.20. The smallest absolute Gasteiger partial charge is 0.201 e. The highest BCUT2D eigenvalue weighted by Gasteiger charge is 2.27. The summed E-state index contributed by atoms with van der Waals surface area (Å²) in [5.41, 5.74) is 1.71. The number of halogens is 4. The van der Waals surface area contributed by atoms with E-state index in [2.05, 4.69) is 6.58 Å². The van der Waals surface area contributed by atoms with Crippen molar-refractivity contribution in [1.82, 2.24) is 0 Å². The molecule has 0 saturated heterocycles. The number of aliphatic hydroxyl groups is 1. The van der Waals surface area contributed by atoms with E-state index in [1.807, 2.05) is 6.92 Å². The van der Waals surface area contributed by atoms with Crippen LogP contribution in [-0.2, 0) is 0 Å². The number of unbranched alkanes of at least 4 members (excludes halogenated alkanes) is 1. The van der Waals surface area contributed by atoms with E-state index in [0.717, 1.165) is 18.4 Å². The molecule has 1 N–H and O–H groups in total. The highest BCUT2D eigenvalue weighted by Crippen LogP contribution is 2.39. The Balaban J connectivity index is 1.32. The molecule has 1 atom stereocenters. The summed E-state index contributed by atoms with van der Waals surface area (Å²) in [6.07, 6.45) is 6.73. The molecule has 0 spiro atoms. The Bertz CT molecular complexity index is 1300. The average molecular weight is 571 g/mol. The number of allylic oxidation sites excluding steroid dienone is 1. The molecule has 1 fully saturated rings. The normalized spacial score (nSPS) is 17.7. The van der Waals surface area contributed by atoms with Crippen LogP contribution in [0.1, 0.15) is 81.4 Å². The summed E-state index contributed by atoms with van der Waals surface area (Å²) in [4.78, 5) is 0. The summed E-state index contributed by atoms with van der Waals surface area (Å²) in [5, 5.41) is 10.1. The van der Waals surface area contributed by atoms with Gasteiger partial charge in [0, 0.05) is 5.56 Å². The third kappa shape index (κ3) is 7.50. The number of ether oxygens (including phenoxy) is 2. The van der Waals surface area contributed by atoms with Crippen LogP contribution in [0.15, 0.2) is 61.2 Å². The lowest BCUT2D eigenvalue weighted by Gasteiger charge is -2.29. The van der Waals surface area contributed by atoms with Crippen LogP contribution in [0.3, 0.4) is 0 Å². The molecule has 0 heterocycles. The van der Waals surface area contributed by atoms with Gasteiger partial charge in [-0.1, -0.05) is 49.8 Å². The standard InChI is InChI=1S/C34H38F4O3/c1-3-5-6-20-40-29-18-16-26(31(35)33(29)37)23-10-8-22(9-11-23)21-41-30-19-17-27(32(36)34(30)38)24-12-14-25(15-13-24)28(39)7-4-2/h3,12-19,22-23,28,39H,1,4-11,20-21H2,2H3. The van der Waals surface area contributed by atoms with Crippen molar-refractivity contribution in [1.29, 1.82) is 0 Å². The van der Waals surface area contributed by atoms with Gasteiger partial charge in [-0.05, 0) is 91.7 Å². The maximum Gasteiger partial charge on any atom is 0.201 e. The maximum atomic E-state index is 15.0. The maximum absolute atomic E-state index is 15.0. The Morgan fingerprint density at radius 1 is 0.854 bits per heavy atom. The van der Waals surface area contributed by atoms with Crippen molar-refractivity contribution in [3.8, 4) is 22.6 Å². The SMILES string of the molecule is C=CCCCOc1ccc(C2CCC(COc3ccc(-c4ccc(C(O)CCC)cc4)c(F)c3F)CC2)c(F)c1F. The van der Waals surface area contributed by atoms with E-state index in [0.29, 0.717) is 49.7 Å². The highest BCUT2D eigenvalue weighted by atomic mass is 19.2. The van der Waals surface area contributed by atoms with E-state index >= 15 is 0 Å². The summed E-state index contributed by atoms with van der Waals surface area (Å²) in [5.74, 6) is -4.13. The zero-order chi connectivity index (χ0) is 29.4. The van der Waals surface area contributed by atoms with Crippen molar-refractivity contribution in [2.75, 3.05) is 13.2 Å². The van der Waals surface area contributed by atoms with E-state index in [1.165, 1.54) is 18.2 Å². The van der Waals surface area contributed by atoms with Crippen molar-refractivity contribution in [2.45, 2.75) is 70.3 Å². The Labute approximate surface area is 239 Å². The minimum absolute atomic E-state index is 0.0829. The summed E-state index contributed by atoms with van der Waals surface area (Å²) in [6, 6.07) is 12.8. The molecule has 41 heavy (non-hydrogen) atoms. The van der Waals surface area contributed by atoms with Crippen LogP contribution in [0.5, 0.6) is 11.5 Å². The van der Waals surface area contributed by atoms with Crippen molar-refractivity contribution in [3.05, 3.63) is 95.6 Å². The van der Waals surface area contributed by atoms with Gasteiger partial charge >= 0.3 is 0 Å². The molecule has 0 aliphatic heterocycles. The number of hydrogen-bond donors (Lipinski definition) is 1. The fourth-order valence-electron chi connectivity index (χ4n) is 5.42. The van der Waals surface area contributed by atoms with Gasteiger partial charge in [-0.2, -0.15) is 8.78 Å². The van der Waals surface area contributed by atoms with E-state index in [9.17, 15) is 22.7 Å². The van der Waals surface area contributed by atoms with E-state index < -0.39 is 29.4 Å². The van der Waals surface area contributed by atoms with Crippen LogP contribution in [0, 0.1) is 29.2 Å². The number of aliphatic hydroxyl groups excluding tert-OH is 1. The van der Waals surface area contributed by atoms with Gasteiger partial charge in [-0.3, -0.25) is 0 Å². The molecule has 1 unspecified atom stereocenters. The van der Waals surface area contributed by atoms with Crippen LogP contribution in [0.25, 0.3) is 11.1 Å². The summed E-state index contributed by atoms with van der Waals surface area (Å²) in [7, 11) is 0. The lowest BCUT2D eigenvalue weighted by atomic mass is 9.79. The zero-order valence-corrected chi connectivity index (χ0v) is 23.5. The molecule has 1 aliphatic rings. The molecule has 4 rings (SSSR count). The molecular weight excluding hydrogens is 532 g/mol. The predicted octanol–water partition coefficient (Wildman–Crippen LogP) is 9.44. The number of hydrogen-bond acceptors (Lipinski definition) is 3. The van der Waals surface area contributed by atoms with Gasteiger partial charge in [0.15, 0.2) is 23.1 Å². The van der Waals surface area contributed by atoms with Crippen LogP contribution < -0.4 is 9.47 Å². The minimum Gasteiger partial charge on any atom is -0.490 e. The largest absolute Gasteiger partial charge is 0.490 e. The van der Waals surface area contributed by atoms with Gasteiger partial charge in [0.1, 0.15) is 0 Å². The van der Waals surface area contributed by atoms with E-state index in [-0.39, 0.29) is 42.1 Å². The summed E-state index contributed by atoms with van der Waals surface area (Å²) in [6.45, 7) is 6.11. The molecule has 220 valence electrons. The Morgan fingerprint density at radius 2 is 1.51 bits per heavy atom. The zero-order valence-electron chi connectivity index (χ0n) is 23.5. The second kappa shape index (κ2) is 14.5. The average Bonchev–Trinajstić information content (AvgIpc) is 2.99. The first-order chi connectivity index (χ1) is 19.8. The van der Waals surface area contributed by atoms with Crippen molar-refractivity contribution in [2.24, 2.45) is 5.92 Å². The molecule has 0 radical (unpaired) electrons. The fraction of sp³-hybridized carbons (Fsp3) is 0.412. The molecule has 0 bridgehead atoms. The molecule has 3 nitrogen and oxygen atoms in total. The van der Waals surface area contributed by atoms with Gasteiger partial charge in [-0.25, -0.2) is 8.78 Å². The van der Waals surface area contributed by atoms with Gasteiger partial charge in [-0.15, -0.1) is 6.58 Å². The van der Waals surface area contributed by atoms with E-state index in [1.54, 1.807) is 36.4 Å². The van der Waals surface area contributed by atoms with Gasteiger partial charge < -0.3 is 14.6 Å². The second-order valence-electron chi connectivity index (χ2n) is 10.8.